The number of amides is 1. The van der Waals surface area contributed by atoms with E-state index < -0.39 is 0 Å². The Balaban J connectivity index is 1.55. The number of nitriles is 1. The van der Waals surface area contributed by atoms with Gasteiger partial charge in [0.15, 0.2) is 5.17 Å². The quantitative estimate of drug-likeness (QED) is 0.516. The molecule has 1 aliphatic rings. The lowest BCUT2D eigenvalue weighted by atomic mass is 9.99. The fourth-order valence-corrected chi connectivity index (χ4v) is 4.60. The lowest BCUT2D eigenvalue weighted by molar-refractivity contribution is 0.100. The summed E-state index contributed by atoms with van der Waals surface area (Å²) in [4.78, 5) is 17.1. The van der Waals surface area contributed by atoms with Crippen LogP contribution in [0, 0.1) is 11.3 Å². The van der Waals surface area contributed by atoms with Gasteiger partial charge in [0.1, 0.15) is 0 Å². The van der Waals surface area contributed by atoms with Crippen LogP contribution in [0.4, 0.5) is 0 Å². The number of aliphatic imine (C=N–C) groups is 1. The molecule has 0 bridgehead atoms. The summed E-state index contributed by atoms with van der Waals surface area (Å²) in [5.41, 5.74) is 7.42. The number of nitrogens with zero attached hydrogens (tertiary/aromatic N) is 3. The lowest BCUT2D eigenvalue weighted by Gasteiger charge is -2.19. The van der Waals surface area contributed by atoms with Gasteiger partial charge in [0.05, 0.1) is 34.1 Å². The first-order chi connectivity index (χ1) is 15.6. The molecule has 1 heterocycles. The zero-order valence-corrected chi connectivity index (χ0v) is 19.0. The van der Waals surface area contributed by atoms with Crippen molar-refractivity contribution in [3.63, 3.8) is 0 Å². The predicted molar refractivity (Wildman–Crippen MR) is 130 cm³/mol. The maximum Gasteiger partial charge on any atom is 0.280 e. The van der Waals surface area contributed by atoms with Crippen molar-refractivity contribution in [1.82, 2.24) is 10.4 Å². The number of thioether (sulfide) groups is 1. The molecule has 3 aromatic carbocycles. The van der Waals surface area contributed by atoms with Crippen LogP contribution in [0.1, 0.15) is 34.8 Å². The Bertz CT molecular complexity index is 1200. The molecule has 0 aromatic heterocycles. The van der Waals surface area contributed by atoms with E-state index in [0.717, 1.165) is 23.1 Å². The van der Waals surface area contributed by atoms with E-state index in [1.165, 1.54) is 11.8 Å². The smallest absolute Gasteiger partial charge is 0.280 e. The SMILES string of the molecule is CCC1NN(Cc2ccc(-c3ccccc3C#N)cc2)C(=NC(=O)c2ccccc2Cl)S1. The summed E-state index contributed by atoms with van der Waals surface area (Å²) < 4.78 is 0. The average Bonchev–Trinajstić information content (AvgIpc) is 3.21. The lowest BCUT2D eigenvalue weighted by Crippen LogP contribution is -2.37. The molecule has 32 heavy (non-hydrogen) atoms. The first-order valence-electron chi connectivity index (χ1n) is 10.3. The largest absolute Gasteiger partial charge is 0.281 e. The second-order valence-corrected chi connectivity index (χ2v) is 8.84. The number of halogens is 1. The summed E-state index contributed by atoms with van der Waals surface area (Å²) in [5, 5.41) is 12.4. The number of benzene rings is 3. The first-order valence-corrected chi connectivity index (χ1v) is 11.5. The highest BCUT2D eigenvalue weighted by Crippen LogP contribution is 2.28. The molecular formula is C25H21ClN4OS. The van der Waals surface area contributed by atoms with E-state index in [1.54, 1.807) is 24.3 Å². The second kappa shape index (κ2) is 10.0. The molecule has 3 aromatic rings. The second-order valence-electron chi connectivity index (χ2n) is 7.26. The maximum absolute atomic E-state index is 12.7. The molecule has 1 unspecified atom stereocenters. The highest BCUT2D eigenvalue weighted by molar-refractivity contribution is 8.14. The summed E-state index contributed by atoms with van der Waals surface area (Å²) in [7, 11) is 0. The molecule has 1 N–H and O–H groups in total. The van der Waals surface area contributed by atoms with Crippen molar-refractivity contribution in [2.24, 2.45) is 4.99 Å². The number of hydrazine groups is 1. The number of rotatable bonds is 5. The van der Waals surface area contributed by atoms with Crippen LogP contribution in [-0.2, 0) is 6.54 Å². The van der Waals surface area contributed by atoms with E-state index in [2.05, 4.69) is 23.4 Å². The number of hydrogen-bond donors (Lipinski definition) is 1. The third kappa shape index (κ3) is 4.86. The molecule has 1 aliphatic heterocycles. The minimum atomic E-state index is -0.356. The number of carbonyl (C=O) groups excluding carboxylic acids is 1. The highest BCUT2D eigenvalue weighted by Gasteiger charge is 2.28. The topological polar surface area (TPSA) is 68.5 Å². The average molecular weight is 461 g/mol. The predicted octanol–water partition coefficient (Wildman–Crippen LogP) is 5.86. The number of hydrogen-bond acceptors (Lipinski definition) is 4. The van der Waals surface area contributed by atoms with Crippen LogP contribution < -0.4 is 5.43 Å². The molecule has 0 saturated carbocycles. The van der Waals surface area contributed by atoms with E-state index in [9.17, 15) is 10.1 Å². The number of carbonyl (C=O) groups is 1. The van der Waals surface area contributed by atoms with Crippen LogP contribution in [0.2, 0.25) is 5.02 Å². The van der Waals surface area contributed by atoms with Gasteiger partial charge in [-0.05, 0) is 41.3 Å². The van der Waals surface area contributed by atoms with Crippen LogP contribution in [0.5, 0.6) is 0 Å². The third-order valence-electron chi connectivity index (χ3n) is 5.10. The third-order valence-corrected chi connectivity index (χ3v) is 6.68. The molecule has 7 heteroatoms. The zero-order chi connectivity index (χ0) is 22.5. The van der Waals surface area contributed by atoms with Gasteiger partial charge in [0.2, 0.25) is 0 Å². The summed E-state index contributed by atoms with van der Waals surface area (Å²) in [5.74, 6) is -0.356. The Hall–Kier alpha value is -3.11. The van der Waals surface area contributed by atoms with E-state index in [1.807, 2.05) is 53.5 Å². The summed E-state index contributed by atoms with van der Waals surface area (Å²) in [6.07, 6.45) is 0.893. The molecule has 0 radical (unpaired) electrons. The van der Waals surface area contributed by atoms with Gasteiger partial charge >= 0.3 is 0 Å². The molecule has 1 saturated heterocycles. The van der Waals surface area contributed by atoms with Gasteiger partial charge in [-0.3, -0.25) is 9.80 Å². The van der Waals surface area contributed by atoms with Crippen LogP contribution in [0.25, 0.3) is 11.1 Å². The van der Waals surface area contributed by atoms with Gasteiger partial charge in [-0.2, -0.15) is 10.3 Å². The number of nitrogens with one attached hydrogen (secondary N) is 1. The van der Waals surface area contributed by atoms with Crippen molar-refractivity contribution in [2.75, 3.05) is 0 Å². The van der Waals surface area contributed by atoms with Crippen molar-refractivity contribution in [2.45, 2.75) is 25.3 Å². The van der Waals surface area contributed by atoms with Crippen molar-refractivity contribution in [3.05, 3.63) is 94.5 Å². The standard InChI is InChI=1S/C25H21ClN4OS/c1-2-23-29-30(25(32-23)28-24(31)21-9-5-6-10-22(21)26)16-17-11-13-18(14-12-17)20-8-4-3-7-19(20)15-27/h3-14,23,29H,2,16H2,1H3. The van der Waals surface area contributed by atoms with Gasteiger partial charge in [-0.15, -0.1) is 0 Å². The summed E-state index contributed by atoms with van der Waals surface area (Å²) >= 11 is 7.70. The van der Waals surface area contributed by atoms with Crippen molar-refractivity contribution in [1.29, 1.82) is 5.26 Å². The minimum Gasteiger partial charge on any atom is -0.281 e. The Kier molecular flexibility index (Phi) is 6.91. The zero-order valence-electron chi connectivity index (χ0n) is 17.5. The van der Waals surface area contributed by atoms with Crippen molar-refractivity contribution < 1.29 is 4.79 Å². The fourth-order valence-electron chi connectivity index (χ4n) is 3.41. The van der Waals surface area contributed by atoms with E-state index in [-0.39, 0.29) is 11.3 Å². The Morgan fingerprint density at radius 3 is 2.56 bits per heavy atom. The molecule has 5 nitrogen and oxygen atoms in total. The van der Waals surface area contributed by atoms with E-state index >= 15 is 0 Å². The molecule has 1 fully saturated rings. The van der Waals surface area contributed by atoms with Crippen LogP contribution >= 0.6 is 23.4 Å². The first kappa shape index (κ1) is 22.1. The van der Waals surface area contributed by atoms with E-state index in [0.29, 0.717) is 27.9 Å². The molecule has 1 atom stereocenters. The van der Waals surface area contributed by atoms with Crippen LogP contribution in [0.3, 0.4) is 0 Å². The molecular weight excluding hydrogens is 440 g/mol. The van der Waals surface area contributed by atoms with Crippen molar-refractivity contribution in [3.8, 4) is 17.2 Å². The normalized spacial score (nSPS) is 16.8. The molecule has 0 spiro atoms. The Morgan fingerprint density at radius 1 is 1.12 bits per heavy atom. The van der Waals surface area contributed by atoms with Gasteiger partial charge in [0, 0.05) is 0 Å². The highest BCUT2D eigenvalue weighted by atomic mass is 35.5. The molecule has 4 rings (SSSR count). The minimum absolute atomic E-state index is 0.148. The van der Waals surface area contributed by atoms with Gasteiger partial charge in [-0.25, -0.2) is 5.43 Å². The van der Waals surface area contributed by atoms with Gasteiger partial charge < -0.3 is 0 Å². The van der Waals surface area contributed by atoms with Crippen LogP contribution in [0.15, 0.2) is 77.8 Å². The Labute approximate surface area is 196 Å². The fraction of sp³-hybridized carbons (Fsp3) is 0.160. The van der Waals surface area contributed by atoms with E-state index in [4.69, 9.17) is 11.6 Å². The summed E-state index contributed by atoms with van der Waals surface area (Å²) in [6, 6.07) is 24.8. The molecule has 0 aliphatic carbocycles. The monoisotopic (exact) mass is 460 g/mol. The summed E-state index contributed by atoms with van der Waals surface area (Å²) in [6.45, 7) is 2.64. The Morgan fingerprint density at radius 2 is 1.84 bits per heavy atom. The molecule has 160 valence electrons. The maximum atomic E-state index is 12.7. The van der Waals surface area contributed by atoms with Gasteiger partial charge in [0.25, 0.3) is 5.91 Å². The van der Waals surface area contributed by atoms with Crippen LogP contribution in [-0.4, -0.2) is 21.5 Å². The van der Waals surface area contributed by atoms with Gasteiger partial charge in [-0.1, -0.05) is 84.9 Å². The number of amidine groups is 1. The van der Waals surface area contributed by atoms with Crippen molar-refractivity contribution >= 4 is 34.4 Å². The molecule has 1 amide bonds.